The van der Waals surface area contributed by atoms with Crippen molar-refractivity contribution in [1.29, 1.82) is 0 Å². The largest absolute Gasteiger partial charge is 0.398 e. The number of benzene rings is 1. The number of non-ortho nitro benzene ring substituents is 1. The molecule has 0 fully saturated rings. The second-order valence-corrected chi connectivity index (χ2v) is 3.74. The Morgan fingerprint density at radius 3 is 2.57 bits per heavy atom. The van der Waals surface area contributed by atoms with Crippen LogP contribution in [-0.2, 0) is 6.42 Å². The molecule has 1 aromatic rings. The third-order valence-corrected chi connectivity index (χ3v) is 1.97. The number of rotatable bonds is 3. The van der Waals surface area contributed by atoms with Crippen LogP contribution in [0.3, 0.4) is 0 Å². The number of nitro benzene ring substituents is 1. The minimum Gasteiger partial charge on any atom is -0.398 e. The summed E-state index contributed by atoms with van der Waals surface area (Å²) < 4.78 is 0. The van der Waals surface area contributed by atoms with Gasteiger partial charge in [0.15, 0.2) is 0 Å². The predicted molar refractivity (Wildman–Crippen MR) is 56.1 cm³/mol. The van der Waals surface area contributed by atoms with Crippen molar-refractivity contribution in [1.82, 2.24) is 0 Å². The molecule has 4 heteroatoms. The first-order valence-electron chi connectivity index (χ1n) is 4.53. The van der Waals surface area contributed by atoms with Crippen molar-refractivity contribution < 1.29 is 4.92 Å². The number of hydrogen-bond donors (Lipinski definition) is 1. The van der Waals surface area contributed by atoms with Crippen LogP contribution in [0, 0.1) is 16.0 Å². The zero-order valence-electron chi connectivity index (χ0n) is 8.36. The van der Waals surface area contributed by atoms with E-state index < -0.39 is 4.92 Å². The Hall–Kier alpha value is -1.58. The van der Waals surface area contributed by atoms with E-state index in [0.29, 0.717) is 11.6 Å². The van der Waals surface area contributed by atoms with Gasteiger partial charge in [0.1, 0.15) is 0 Å². The first kappa shape index (κ1) is 10.5. The summed E-state index contributed by atoms with van der Waals surface area (Å²) in [7, 11) is 0. The number of hydrogen-bond acceptors (Lipinski definition) is 3. The fraction of sp³-hybridized carbons (Fsp3) is 0.400. The number of nitrogens with zero attached hydrogens (tertiary/aromatic N) is 1. The molecule has 0 atom stereocenters. The Morgan fingerprint density at radius 1 is 1.50 bits per heavy atom. The molecule has 0 unspecified atom stereocenters. The van der Waals surface area contributed by atoms with E-state index in [4.69, 9.17) is 5.73 Å². The lowest BCUT2D eigenvalue weighted by Gasteiger charge is -2.07. The molecule has 0 aromatic heterocycles. The van der Waals surface area contributed by atoms with Crippen molar-refractivity contribution in [3.63, 3.8) is 0 Å². The lowest BCUT2D eigenvalue weighted by molar-refractivity contribution is -0.384. The first-order valence-corrected chi connectivity index (χ1v) is 4.53. The molecule has 14 heavy (non-hydrogen) atoms. The number of nitro groups is 1. The Kier molecular flexibility index (Phi) is 3.06. The molecule has 0 saturated carbocycles. The van der Waals surface area contributed by atoms with E-state index in [1.165, 1.54) is 12.1 Å². The topological polar surface area (TPSA) is 69.2 Å². The molecule has 0 amide bonds. The molecule has 0 radical (unpaired) electrons. The van der Waals surface area contributed by atoms with Gasteiger partial charge in [-0.15, -0.1) is 0 Å². The third-order valence-electron chi connectivity index (χ3n) is 1.97. The van der Waals surface area contributed by atoms with Gasteiger partial charge in [-0.05, 0) is 17.9 Å². The molecule has 0 aliphatic heterocycles. The molecular formula is C10H14N2O2. The van der Waals surface area contributed by atoms with Gasteiger partial charge in [0.2, 0.25) is 0 Å². The Bertz CT molecular complexity index is 348. The average Bonchev–Trinajstić information content (AvgIpc) is 2.07. The minimum absolute atomic E-state index is 0.0509. The van der Waals surface area contributed by atoms with Gasteiger partial charge in [0.05, 0.1) is 4.92 Å². The standard InChI is InChI=1S/C10H14N2O2/c1-7(2)5-8-3-4-9(12(13)14)6-10(8)11/h3-4,6-7H,5,11H2,1-2H3. The summed E-state index contributed by atoms with van der Waals surface area (Å²) >= 11 is 0. The molecule has 0 spiro atoms. The van der Waals surface area contributed by atoms with Crippen molar-refractivity contribution in [3.05, 3.63) is 33.9 Å². The van der Waals surface area contributed by atoms with Gasteiger partial charge in [0.25, 0.3) is 5.69 Å². The van der Waals surface area contributed by atoms with Gasteiger partial charge < -0.3 is 5.73 Å². The van der Waals surface area contributed by atoms with Crippen LogP contribution in [-0.4, -0.2) is 4.92 Å². The van der Waals surface area contributed by atoms with E-state index in [1.54, 1.807) is 6.07 Å². The number of nitrogens with two attached hydrogens (primary N) is 1. The van der Waals surface area contributed by atoms with Crippen molar-refractivity contribution in [3.8, 4) is 0 Å². The maximum Gasteiger partial charge on any atom is 0.271 e. The van der Waals surface area contributed by atoms with Crippen LogP contribution in [0.2, 0.25) is 0 Å². The molecular weight excluding hydrogens is 180 g/mol. The zero-order chi connectivity index (χ0) is 10.7. The number of nitrogen functional groups attached to an aromatic ring is 1. The molecule has 0 heterocycles. The summed E-state index contributed by atoms with van der Waals surface area (Å²) in [4.78, 5) is 10.0. The number of anilines is 1. The normalized spacial score (nSPS) is 10.5. The molecule has 1 rings (SSSR count). The van der Waals surface area contributed by atoms with Crippen molar-refractivity contribution in [2.75, 3.05) is 5.73 Å². The molecule has 0 saturated heterocycles. The Morgan fingerprint density at radius 2 is 2.14 bits per heavy atom. The van der Waals surface area contributed by atoms with E-state index in [0.717, 1.165) is 12.0 Å². The van der Waals surface area contributed by atoms with E-state index >= 15 is 0 Å². The van der Waals surface area contributed by atoms with Crippen LogP contribution in [0.4, 0.5) is 11.4 Å². The van der Waals surface area contributed by atoms with E-state index in [1.807, 2.05) is 0 Å². The minimum atomic E-state index is -0.435. The van der Waals surface area contributed by atoms with Gasteiger partial charge in [-0.1, -0.05) is 19.9 Å². The van der Waals surface area contributed by atoms with Gasteiger partial charge in [-0.3, -0.25) is 10.1 Å². The second kappa shape index (κ2) is 4.09. The highest BCUT2D eigenvalue weighted by atomic mass is 16.6. The summed E-state index contributed by atoms with van der Waals surface area (Å²) in [6.45, 7) is 4.17. The van der Waals surface area contributed by atoms with Crippen molar-refractivity contribution >= 4 is 11.4 Å². The summed E-state index contributed by atoms with van der Waals surface area (Å²) in [6.07, 6.45) is 0.851. The quantitative estimate of drug-likeness (QED) is 0.456. The third kappa shape index (κ3) is 2.45. The molecule has 0 aliphatic carbocycles. The summed E-state index contributed by atoms with van der Waals surface area (Å²) in [5.41, 5.74) is 7.24. The predicted octanol–water partition coefficient (Wildman–Crippen LogP) is 2.38. The van der Waals surface area contributed by atoms with Crippen LogP contribution >= 0.6 is 0 Å². The average molecular weight is 194 g/mol. The van der Waals surface area contributed by atoms with E-state index in [2.05, 4.69) is 13.8 Å². The van der Waals surface area contributed by atoms with Gasteiger partial charge >= 0.3 is 0 Å². The van der Waals surface area contributed by atoms with Gasteiger partial charge in [0, 0.05) is 17.8 Å². The highest BCUT2D eigenvalue weighted by Crippen LogP contribution is 2.21. The molecule has 4 nitrogen and oxygen atoms in total. The van der Waals surface area contributed by atoms with E-state index in [-0.39, 0.29) is 5.69 Å². The highest BCUT2D eigenvalue weighted by Gasteiger charge is 2.09. The molecule has 1 aromatic carbocycles. The lowest BCUT2D eigenvalue weighted by atomic mass is 10.0. The maximum absolute atomic E-state index is 10.4. The smallest absolute Gasteiger partial charge is 0.271 e. The molecule has 76 valence electrons. The monoisotopic (exact) mass is 194 g/mol. The summed E-state index contributed by atoms with van der Waals surface area (Å²) in [5, 5.41) is 10.4. The van der Waals surface area contributed by atoms with Crippen LogP contribution < -0.4 is 5.73 Å². The van der Waals surface area contributed by atoms with E-state index in [9.17, 15) is 10.1 Å². The SMILES string of the molecule is CC(C)Cc1ccc([N+](=O)[O-])cc1N. The lowest BCUT2D eigenvalue weighted by Crippen LogP contribution is -2.00. The Balaban J connectivity index is 2.95. The van der Waals surface area contributed by atoms with Crippen LogP contribution in [0.1, 0.15) is 19.4 Å². The fourth-order valence-electron chi connectivity index (χ4n) is 1.32. The maximum atomic E-state index is 10.4. The summed E-state index contributed by atoms with van der Waals surface area (Å²) in [5.74, 6) is 0.499. The Labute approximate surface area is 82.9 Å². The van der Waals surface area contributed by atoms with Crippen LogP contribution in [0.15, 0.2) is 18.2 Å². The van der Waals surface area contributed by atoms with Crippen molar-refractivity contribution in [2.45, 2.75) is 20.3 Å². The molecule has 2 N–H and O–H groups in total. The van der Waals surface area contributed by atoms with Crippen LogP contribution in [0.25, 0.3) is 0 Å². The van der Waals surface area contributed by atoms with Gasteiger partial charge in [-0.2, -0.15) is 0 Å². The zero-order valence-corrected chi connectivity index (χ0v) is 8.36. The molecule has 0 bridgehead atoms. The molecule has 0 aliphatic rings. The fourth-order valence-corrected chi connectivity index (χ4v) is 1.32. The second-order valence-electron chi connectivity index (χ2n) is 3.74. The summed E-state index contributed by atoms with van der Waals surface area (Å²) in [6, 6.07) is 4.64. The van der Waals surface area contributed by atoms with Crippen LogP contribution in [0.5, 0.6) is 0 Å². The highest BCUT2D eigenvalue weighted by molar-refractivity contribution is 5.53. The van der Waals surface area contributed by atoms with Crippen molar-refractivity contribution in [2.24, 2.45) is 5.92 Å². The first-order chi connectivity index (χ1) is 6.50. The van der Waals surface area contributed by atoms with Gasteiger partial charge in [-0.25, -0.2) is 0 Å².